The van der Waals surface area contributed by atoms with E-state index in [-0.39, 0.29) is 18.1 Å². The Bertz CT molecular complexity index is 301. The number of rotatable bonds is 5. The Labute approximate surface area is 116 Å². The third-order valence-corrected chi connectivity index (χ3v) is 4.34. The molecule has 0 aromatic heterocycles. The van der Waals surface area contributed by atoms with Gasteiger partial charge in [0, 0.05) is 6.54 Å². The predicted octanol–water partition coefficient (Wildman–Crippen LogP) is 2.14. The monoisotopic (exact) mass is 268 g/mol. The first-order valence-electron chi connectivity index (χ1n) is 7.77. The number of ether oxygens (including phenoxy) is 1. The molecule has 2 rings (SSSR count). The van der Waals surface area contributed by atoms with Gasteiger partial charge in [-0.05, 0) is 25.7 Å². The topological polar surface area (TPSA) is 41.6 Å². The smallest absolute Gasteiger partial charge is 0.241 e. The van der Waals surface area contributed by atoms with Crippen LogP contribution in [0.4, 0.5) is 0 Å². The molecule has 1 heterocycles. The first-order valence-corrected chi connectivity index (χ1v) is 7.77. The van der Waals surface area contributed by atoms with Crippen LogP contribution in [0.15, 0.2) is 0 Å². The van der Waals surface area contributed by atoms with Gasteiger partial charge in [-0.15, -0.1) is 0 Å². The molecule has 0 radical (unpaired) electrons. The molecule has 0 aromatic rings. The van der Waals surface area contributed by atoms with E-state index in [0.29, 0.717) is 25.2 Å². The van der Waals surface area contributed by atoms with Crippen molar-refractivity contribution < 1.29 is 9.53 Å². The molecule has 19 heavy (non-hydrogen) atoms. The quantitative estimate of drug-likeness (QED) is 0.830. The van der Waals surface area contributed by atoms with Crippen molar-refractivity contribution >= 4 is 5.91 Å². The van der Waals surface area contributed by atoms with Crippen molar-refractivity contribution in [2.24, 2.45) is 5.92 Å². The number of carbonyl (C=O) groups is 1. The van der Waals surface area contributed by atoms with Gasteiger partial charge in [-0.3, -0.25) is 10.1 Å². The largest absolute Gasteiger partial charge is 0.376 e. The summed E-state index contributed by atoms with van der Waals surface area (Å²) in [6.45, 7) is 7.62. The van der Waals surface area contributed by atoms with Gasteiger partial charge in [-0.1, -0.05) is 33.1 Å². The van der Waals surface area contributed by atoms with Gasteiger partial charge >= 0.3 is 0 Å². The number of carbonyl (C=O) groups excluding carboxylic acids is 1. The van der Waals surface area contributed by atoms with Crippen molar-refractivity contribution in [1.29, 1.82) is 0 Å². The van der Waals surface area contributed by atoms with Gasteiger partial charge in [0.1, 0.15) is 0 Å². The normalized spacial score (nSPS) is 29.5. The molecule has 1 saturated carbocycles. The molecule has 1 amide bonds. The zero-order valence-corrected chi connectivity index (χ0v) is 12.5. The van der Waals surface area contributed by atoms with Crippen LogP contribution in [0.1, 0.15) is 52.9 Å². The summed E-state index contributed by atoms with van der Waals surface area (Å²) >= 11 is 0. The Morgan fingerprint density at radius 3 is 2.58 bits per heavy atom. The van der Waals surface area contributed by atoms with E-state index < -0.39 is 0 Å². The molecule has 2 fully saturated rings. The molecule has 4 heteroatoms. The van der Waals surface area contributed by atoms with Crippen LogP contribution in [-0.2, 0) is 9.53 Å². The summed E-state index contributed by atoms with van der Waals surface area (Å²) in [7, 11) is 0. The van der Waals surface area contributed by atoms with Gasteiger partial charge in [0.25, 0.3) is 0 Å². The van der Waals surface area contributed by atoms with Crippen LogP contribution < -0.4 is 5.32 Å². The average molecular weight is 268 g/mol. The molecule has 1 N–H and O–H groups in total. The number of amides is 1. The van der Waals surface area contributed by atoms with Crippen LogP contribution in [0, 0.1) is 5.92 Å². The molecule has 0 bridgehead atoms. The zero-order chi connectivity index (χ0) is 13.8. The van der Waals surface area contributed by atoms with E-state index in [1.807, 2.05) is 4.90 Å². The molecular weight excluding hydrogens is 240 g/mol. The van der Waals surface area contributed by atoms with Gasteiger partial charge in [0.2, 0.25) is 5.91 Å². The molecule has 1 aliphatic heterocycles. The lowest BCUT2D eigenvalue weighted by molar-refractivity contribution is -0.131. The second-order valence-electron chi connectivity index (χ2n) is 6.23. The average Bonchev–Trinajstić information content (AvgIpc) is 2.68. The summed E-state index contributed by atoms with van der Waals surface area (Å²) in [6, 6.07) is -0.0234. The van der Waals surface area contributed by atoms with Crippen LogP contribution in [0.2, 0.25) is 0 Å². The molecule has 1 saturated heterocycles. The highest BCUT2D eigenvalue weighted by Gasteiger charge is 2.37. The van der Waals surface area contributed by atoms with Gasteiger partial charge in [-0.25, -0.2) is 0 Å². The summed E-state index contributed by atoms with van der Waals surface area (Å²) in [5.41, 5.74) is 0. The molecule has 1 aliphatic carbocycles. The zero-order valence-electron chi connectivity index (χ0n) is 12.5. The highest BCUT2D eigenvalue weighted by Crippen LogP contribution is 2.21. The Morgan fingerprint density at radius 1 is 1.32 bits per heavy atom. The predicted molar refractivity (Wildman–Crippen MR) is 75.8 cm³/mol. The highest BCUT2D eigenvalue weighted by atomic mass is 16.5. The first kappa shape index (κ1) is 14.8. The molecule has 110 valence electrons. The molecule has 0 aromatic carbocycles. The molecule has 0 spiro atoms. The fourth-order valence-corrected chi connectivity index (χ4v) is 3.12. The number of nitrogens with one attached hydrogen (secondary N) is 1. The highest BCUT2D eigenvalue weighted by molar-refractivity contribution is 5.84. The maximum absolute atomic E-state index is 12.2. The van der Waals surface area contributed by atoms with Crippen LogP contribution in [0.3, 0.4) is 0 Å². The van der Waals surface area contributed by atoms with Crippen LogP contribution in [0.25, 0.3) is 0 Å². The lowest BCUT2D eigenvalue weighted by atomic mass is 9.98. The van der Waals surface area contributed by atoms with Crippen molar-refractivity contribution in [1.82, 2.24) is 10.2 Å². The Kier molecular flexibility index (Phi) is 5.22. The lowest BCUT2D eigenvalue weighted by Crippen LogP contribution is -2.38. The lowest BCUT2D eigenvalue weighted by Gasteiger charge is -2.25. The van der Waals surface area contributed by atoms with Crippen molar-refractivity contribution in [3.8, 4) is 0 Å². The van der Waals surface area contributed by atoms with E-state index in [2.05, 4.69) is 26.1 Å². The van der Waals surface area contributed by atoms with E-state index in [1.165, 1.54) is 32.1 Å². The third kappa shape index (κ3) is 3.69. The van der Waals surface area contributed by atoms with Crippen molar-refractivity contribution in [3.63, 3.8) is 0 Å². The third-order valence-electron chi connectivity index (χ3n) is 4.34. The standard InChI is InChI=1S/C15H28N2O2/c1-11(2)14-15(18)17(12(3)16-14)9-10-19-13-7-5-4-6-8-13/h11-14,16H,4-10H2,1-3H3. The molecule has 2 aliphatic rings. The Morgan fingerprint density at radius 2 is 2.00 bits per heavy atom. The van der Waals surface area contributed by atoms with Crippen molar-refractivity contribution in [2.75, 3.05) is 13.2 Å². The van der Waals surface area contributed by atoms with Crippen LogP contribution >= 0.6 is 0 Å². The molecular formula is C15H28N2O2. The second kappa shape index (κ2) is 6.71. The number of hydrogen-bond donors (Lipinski definition) is 1. The summed E-state index contributed by atoms with van der Waals surface area (Å²) in [5.74, 6) is 0.578. The summed E-state index contributed by atoms with van der Waals surface area (Å²) in [4.78, 5) is 14.2. The Balaban J connectivity index is 1.74. The fourth-order valence-electron chi connectivity index (χ4n) is 3.12. The minimum atomic E-state index is -0.0234. The maximum atomic E-state index is 12.2. The first-order chi connectivity index (χ1) is 9.09. The van der Waals surface area contributed by atoms with Crippen LogP contribution in [0.5, 0.6) is 0 Å². The summed E-state index contributed by atoms with van der Waals surface area (Å²) < 4.78 is 5.92. The summed E-state index contributed by atoms with van der Waals surface area (Å²) in [6.07, 6.45) is 6.88. The maximum Gasteiger partial charge on any atom is 0.241 e. The van der Waals surface area contributed by atoms with E-state index in [1.54, 1.807) is 0 Å². The minimum absolute atomic E-state index is 0.0234. The number of nitrogens with zero attached hydrogens (tertiary/aromatic N) is 1. The second-order valence-corrected chi connectivity index (χ2v) is 6.23. The van der Waals surface area contributed by atoms with Crippen LogP contribution in [-0.4, -0.2) is 42.3 Å². The van der Waals surface area contributed by atoms with Crippen molar-refractivity contribution in [2.45, 2.75) is 71.2 Å². The Hall–Kier alpha value is -0.610. The van der Waals surface area contributed by atoms with E-state index in [9.17, 15) is 4.79 Å². The molecule has 2 atom stereocenters. The molecule has 4 nitrogen and oxygen atoms in total. The van der Waals surface area contributed by atoms with Gasteiger partial charge < -0.3 is 9.64 Å². The SMILES string of the molecule is CC(C)C1NC(C)N(CCOC2CCCCC2)C1=O. The van der Waals surface area contributed by atoms with Gasteiger partial charge in [-0.2, -0.15) is 0 Å². The molecule has 2 unspecified atom stereocenters. The fraction of sp³-hybridized carbons (Fsp3) is 0.933. The minimum Gasteiger partial charge on any atom is -0.376 e. The summed E-state index contributed by atoms with van der Waals surface area (Å²) in [5, 5.41) is 3.36. The van der Waals surface area contributed by atoms with Gasteiger partial charge in [0.15, 0.2) is 0 Å². The van der Waals surface area contributed by atoms with E-state index in [0.717, 1.165) is 0 Å². The van der Waals surface area contributed by atoms with E-state index >= 15 is 0 Å². The van der Waals surface area contributed by atoms with E-state index in [4.69, 9.17) is 4.74 Å². The van der Waals surface area contributed by atoms with Gasteiger partial charge in [0.05, 0.1) is 24.9 Å². The number of hydrogen-bond acceptors (Lipinski definition) is 3. The van der Waals surface area contributed by atoms with Crippen molar-refractivity contribution in [3.05, 3.63) is 0 Å².